The van der Waals surface area contributed by atoms with Crippen LogP contribution in [-0.4, -0.2) is 24.4 Å². The smallest absolute Gasteiger partial charge is 0.178 e. The Morgan fingerprint density at radius 1 is 0.864 bits per heavy atom. The summed E-state index contributed by atoms with van der Waals surface area (Å²) in [6.07, 6.45) is 2.71. The van der Waals surface area contributed by atoms with Crippen molar-refractivity contribution in [2.75, 3.05) is 5.75 Å². The maximum absolute atomic E-state index is 12.1. The number of hydrogen-bond donors (Lipinski definition) is 2. The van der Waals surface area contributed by atoms with Crippen LogP contribution < -0.4 is 0 Å². The maximum atomic E-state index is 12.1. The van der Waals surface area contributed by atoms with E-state index in [1.807, 2.05) is 0 Å². The molecule has 0 heterocycles. The molecular weight excluding hydrogens is 300 g/mol. The zero-order valence-corrected chi connectivity index (χ0v) is 13.1. The lowest BCUT2D eigenvalue weighted by Crippen LogP contribution is -2.06. The molecule has 22 heavy (non-hydrogen) atoms. The minimum atomic E-state index is -3.21. The molecule has 0 aromatic heterocycles. The number of phenolic OH excluding ortho intramolecular Hbond substituents is 2. The van der Waals surface area contributed by atoms with Crippen molar-refractivity contribution in [2.24, 2.45) is 0 Å². The second kappa shape index (κ2) is 7.31. The zero-order valence-electron chi connectivity index (χ0n) is 12.3. The molecule has 0 amide bonds. The molecule has 0 radical (unpaired) electrons. The SMILES string of the molecule is O=S(=O)(CCCCCc1cc(O)ccc1O)c1ccccc1. The van der Waals surface area contributed by atoms with Crippen LogP contribution in [0.1, 0.15) is 24.8 Å². The van der Waals surface area contributed by atoms with Crippen molar-refractivity contribution < 1.29 is 18.6 Å². The van der Waals surface area contributed by atoms with Crippen molar-refractivity contribution in [3.05, 3.63) is 54.1 Å². The molecule has 2 aromatic carbocycles. The summed E-state index contributed by atoms with van der Waals surface area (Å²) >= 11 is 0. The van der Waals surface area contributed by atoms with Crippen molar-refractivity contribution in [3.8, 4) is 11.5 Å². The summed E-state index contributed by atoms with van der Waals surface area (Å²) in [4.78, 5) is 0.362. The third-order valence-corrected chi connectivity index (χ3v) is 5.34. The molecule has 0 saturated carbocycles. The molecule has 0 unspecified atom stereocenters. The van der Waals surface area contributed by atoms with Crippen LogP contribution in [0.5, 0.6) is 11.5 Å². The fourth-order valence-electron chi connectivity index (χ4n) is 2.30. The summed E-state index contributed by atoms with van der Waals surface area (Å²) in [5, 5.41) is 19.0. The van der Waals surface area contributed by atoms with Crippen LogP contribution in [0.25, 0.3) is 0 Å². The molecule has 0 fully saturated rings. The Kier molecular flexibility index (Phi) is 5.44. The van der Waals surface area contributed by atoms with Crippen LogP contribution in [0.3, 0.4) is 0 Å². The summed E-state index contributed by atoms with van der Waals surface area (Å²) < 4.78 is 24.2. The van der Waals surface area contributed by atoms with Crippen LogP contribution in [-0.2, 0) is 16.3 Å². The van der Waals surface area contributed by atoms with Crippen LogP contribution in [0.15, 0.2) is 53.4 Å². The lowest BCUT2D eigenvalue weighted by atomic mass is 10.1. The van der Waals surface area contributed by atoms with E-state index in [4.69, 9.17) is 0 Å². The first kappa shape index (κ1) is 16.4. The highest BCUT2D eigenvalue weighted by Crippen LogP contribution is 2.24. The molecule has 5 heteroatoms. The second-order valence-corrected chi connectivity index (χ2v) is 7.36. The monoisotopic (exact) mass is 320 g/mol. The van der Waals surface area contributed by atoms with Gasteiger partial charge in [-0.15, -0.1) is 0 Å². The molecule has 0 atom stereocenters. The molecule has 2 aromatic rings. The van der Waals surface area contributed by atoms with Gasteiger partial charge in [-0.25, -0.2) is 8.42 Å². The average Bonchev–Trinajstić information content (AvgIpc) is 2.51. The highest BCUT2D eigenvalue weighted by molar-refractivity contribution is 7.91. The van der Waals surface area contributed by atoms with Crippen molar-refractivity contribution in [2.45, 2.75) is 30.6 Å². The van der Waals surface area contributed by atoms with Gasteiger partial charge in [-0.2, -0.15) is 0 Å². The van der Waals surface area contributed by atoms with Crippen molar-refractivity contribution in [1.82, 2.24) is 0 Å². The molecule has 2 N–H and O–H groups in total. The van der Waals surface area contributed by atoms with E-state index in [0.717, 1.165) is 12.8 Å². The van der Waals surface area contributed by atoms with E-state index in [2.05, 4.69) is 0 Å². The molecule has 118 valence electrons. The summed E-state index contributed by atoms with van der Waals surface area (Å²) in [5.74, 6) is 0.414. The Bertz CT molecular complexity index is 709. The highest BCUT2D eigenvalue weighted by atomic mass is 32.2. The standard InChI is InChI=1S/C17H20O4S/c18-15-10-11-17(19)14(13-15)7-3-2-6-12-22(20,21)16-8-4-1-5-9-16/h1,4-5,8-11,13,18-19H,2-3,6-7,12H2. The number of aromatic hydroxyl groups is 2. The van der Waals surface area contributed by atoms with Crippen LogP contribution in [0.4, 0.5) is 0 Å². The first-order valence-electron chi connectivity index (χ1n) is 7.28. The topological polar surface area (TPSA) is 74.6 Å². The molecule has 0 aliphatic carbocycles. The molecule has 0 saturated heterocycles. The van der Waals surface area contributed by atoms with Crippen LogP contribution in [0, 0.1) is 0 Å². The Morgan fingerprint density at radius 3 is 2.32 bits per heavy atom. The van der Waals surface area contributed by atoms with E-state index in [9.17, 15) is 18.6 Å². The van der Waals surface area contributed by atoms with Gasteiger partial charge in [0.25, 0.3) is 0 Å². The van der Waals surface area contributed by atoms with Gasteiger partial charge in [0.15, 0.2) is 9.84 Å². The molecule has 2 rings (SSSR count). The van der Waals surface area contributed by atoms with Gasteiger partial charge in [0, 0.05) is 0 Å². The quantitative estimate of drug-likeness (QED) is 0.606. The van der Waals surface area contributed by atoms with Crippen LogP contribution in [0.2, 0.25) is 0 Å². The number of benzene rings is 2. The summed E-state index contributed by atoms with van der Waals surface area (Å²) in [7, 11) is -3.21. The molecule has 0 aliphatic heterocycles. The van der Waals surface area contributed by atoms with Gasteiger partial charge in [0.1, 0.15) is 11.5 Å². The van der Waals surface area contributed by atoms with E-state index in [-0.39, 0.29) is 17.3 Å². The van der Waals surface area contributed by atoms with Gasteiger partial charge < -0.3 is 10.2 Å². The summed E-state index contributed by atoms with van der Waals surface area (Å²) in [5.41, 5.74) is 0.686. The minimum Gasteiger partial charge on any atom is -0.508 e. The highest BCUT2D eigenvalue weighted by Gasteiger charge is 2.13. The number of unbranched alkanes of at least 4 members (excludes halogenated alkanes) is 2. The minimum absolute atomic E-state index is 0.124. The van der Waals surface area contributed by atoms with Gasteiger partial charge in [-0.1, -0.05) is 24.6 Å². The Balaban J connectivity index is 1.79. The van der Waals surface area contributed by atoms with E-state index in [0.29, 0.717) is 23.3 Å². The molecule has 4 nitrogen and oxygen atoms in total. The predicted molar refractivity (Wildman–Crippen MR) is 85.8 cm³/mol. The molecule has 0 aliphatic rings. The van der Waals surface area contributed by atoms with Gasteiger partial charge in [0.05, 0.1) is 10.6 Å². The zero-order chi connectivity index (χ0) is 16.0. The first-order valence-corrected chi connectivity index (χ1v) is 8.93. The van der Waals surface area contributed by atoms with Crippen molar-refractivity contribution >= 4 is 9.84 Å². The summed E-state index contributed by atoms with van der Waals surface area (Å²) in [6, 6.07) is 12.9. The third-order valence-electron chi connectivity index (χ3n) is 3.52. The predicted octanol–water partition coefficient (Wildman–Crippen LogP) is 3.28. The van der Waals surface area contributed by atoms with E-state index in [1.165, 1.54) is 18.2 Å². The first-order chi connectivity index (χ1) is 10.5. The maximum Gasteiger partial charge on any atom is 0.178 e. The number of hydrogen-bond acceptors (Lipinski definition) is 4. The molecule has 0 spiro atoms. The third kappa shape index (κ3) is 4.49. The van der Waals surface area contributed by atoms with Crippen LogP contribution >= 0.6 is 0 Å². The van der Waals surface area contributed by atoms with Gasteiger partial charge in [-0.05, 0) is 55.2 Å². The molecular formula is C17H20O4S. The van der Waals surface area contributed by atoms with Gasteiger partial charge in [0.2, 0.25) is 0 Å². The largest absolute Gasteiger partial charge is 0.508 e. The number of sulfone groups is 1. The number of rotatable bonds is 7. The molecule has 0 bridgehead atoms. The average molecular weight is 320 g/mol. The Labute approximate surface area is 131 Å². The number of phenols is 2. The summed E-state index contributed by atoms with van der Waals surface area (Å²) in [6.45, 7) is 0. The number of aryl methyl sites for hydroxylation is 1. The fraction of sp³-hybridized carbons (Fsp3) is 0.294. The fourth-order valence-corrected chi connectivity index (χ4v) is 3.69. The second-order valence-electron chi connectivity index (χ2n) is 5.26. The van der Waals surface area contributed by atoms with E-state index in [1.54, 1.807) is 30.3 Å². The lowest BCUT2D eigenvalue weighted by molar-refractivity contribution is 0.453. The Hall–Kier alpha value is -2.01. The normalized spacial score (nSPS) is 11.5. The van der Waals surface area contributed by atoms with Crippen molar-refractivity contribution in [1.29, 1.82) is 0 Å². The van der Waals surface area contributed by atoms with Gasteiger partial charge >= 0.3 is 0 Å². The van der Waals surface area contributed by atoms with Crippen molar-refractivity contribution in [3.63, 3.8) is 0 Å². The lowest BCUT2D eigenvalue weighted by Gasteiger charge is -2.06. The van der Waals surface area contributed by atoms with E-state index < -0.39 is 9.84 Å². The van der Waals surface area contributed by atoms with Gasteiger partial charge in [-0.3, -0.25) is 0 Å². The Morgan fingerprint density at radius 2 is 1.59 bits per heavy atom. The van der Waals surface area contributed by atoms with E-state index >= 15 is 0 Å².